The molecule has 0 saturated heterocycles. The van der Waals surface area contributed by atoms with Crippen LogP contribution in [-0.4, -0.2) is 54.0 Å². The van der Waals surface area contributed by atoms with Gasteiger partial charge in [-0.3, -0.25) is 0 Å². The molecule has 0 atom stereocenters. The maximum absolute atomic E-state index is 14.3. The molecule has 0 saturated carbocycles. The molecular weight excluding hydrogens is 513 g/mol. The number of rotatable bonds is 7. The normalized spacial score (nSPS) is 14.9. The number of benzene rings is 1. The van der Waals surface area contributed by atoms with Gasteiger partial charge in [0.1, 0.15) is 11.3 Å². The predicted molar refractivity (Wildman–Crippen MR) is 74.1 cm³/mol. The van der Waals surface area contributed by atoms with Crippen molar-refractivity contribution in [1.29, 1.82) is 0 Å². The second-order valence-electron chi connectivity index (χ2n) is 6.14. The van der Waals surface area contributed by atoms with Gasteiger partial charge in [-0.15, -0.1) is 0 Å². The van der Waals surface area contributed by atoms with Crippen molar-refractivity contribution in [2.75, 3.05) is 7.11 Å². The third kappa shape index (κ3) is 3.70. The van der Waals surface area contributed by atoms with E-state index in [2.05, 4.69) is 4.74 Å². The largest absolute Gasteiger partial charge is 0.507 e. The van der Waals surface area contributed by atoms with Gasteiger partial charge in [-0.1, -0.05) is 12.1 Å². The number of methoxy groups -OCH3 is 1. The topological polar surface area (TPSA) is 46.5 Å². The lowest BCUT2D eigenvalue weighted by Gasteiger charge is -2.41. The molecule has 1 aromatic rings. The summed E-state index contributed by atoms with van der Waals surface area (Å²) in [7, 11) is 0.372. The molecule has 0 fully saturated rings. The van der Waals surface area contributed by atoms with Crippen LogP contribution in [0.4, 0.5) is 65.9 Å². The van der Waals surface area contributed by atoms with Crippen molar-refractivity contribution in [3.63, 3.8) is 0 Å². The van der Waals surface area contributed by atoms with E-state index >= 15 is 0 Å². The first-order valence-corrected chi connectivity index (χ1v) is 7.62. The zero-order valence-electron chi connectivity index (χ0n) is 15.2. The molecule has 0 aliphatic carbocycles. The Hall–Kier alpha value is -2.56. The van der Waals surface area contributed by atoms with Crippen LogP contribution in [0.15, 0.2) is 18.2 Å². The van der Waals surface area contributed by atoms with Crippen LogP contribution in [0.2, 0.25) is 0 Å². The van der Waals surface area contributed by atoms with Gasteiger partial charge < -0.3 is 9.84 Å². The highest BCUT2D eigenvalue weighted by atomic mass is 19.4. The monoisotopic (exact) mass is 520 g/mol. The highest BCUT2D eigenvalue weighted by molar-refractivity contribution is 5.94. The zero-order chi connectivity index (χ0) is 26.6. The van der Waals surface area contributed by atoms with Gasteiger partial charge >= 0.3 is 47.7 Å². The predicted octanol–water partition coefficient (Wildman–Crippen LogP) is 6.01. The first-order chi connectivity index (χ1) is 14.4. The maximum Gasteiger partial charge on any atom is 0.460 e. The van der Waals surface area contributed by atoms with Gasteiger partial charge in [-0.2, -0.15) is 65.9 Å². The number of phenols is 1. The van der Waals surface area contributed by atoms with E-state index in [1.807, 2.05) is 0 Å². The first kappa shape index (κ1) is 28.5. The molecule has 0 spiro atoms. The average molecular weight is 520 g/mol. The van der Waals surface area contributed by atoms with E-state index in [4.69, 9.17) is 0 Å². The molecule has 0 aliphatic rings. The van der Waals surface area contributed by atoms with Crippen molar-refractivity contribution in [3.8, 4) is 5.75 Å². The standard InChI is InChI=1S/C15H7F15O3/c1-33-8(32)7-5(3-2-4-6(7)31)9(16,17)10(18,19)11(20,21)12(22,23)13(24,25)14(26,27)15(28,29)30/h2-4,31H,1H3. The highest BCUT2D eigenvalue weighted by Crippen LogP contribution is 2.64. The fourth-order valence-electron chi connectivity index (χ4n) is 2.25. The molecule has 1 N–H and O–H groups in total. The molecular formula is C15H7F15O3. The van der Waals surface area contributed by atoms with Crippen LogP contribution in [0.3, 0.4) is 0 Å². The molecule has 0 radical (unpaired) electrons. The minimum absolute atomic E-state index is 0.157. The van der Waals surface area contributed by atoms with Crippen molar-refractivity contribution >= 4 is 5.97 Å². The van der Waals surface area contributed by atoms with Gasteiger partial charge in [0.25, 0.3) is 0 Å². The summed E-state index contributed by atoms with van der Waals surface area (Å²) in [5.41, 5.74) is -4.79. The van der Waals surface area contributed by atoms with Crippen molar-refractivity contribution in [2.24, 2.45) is 0 Å². The Morgan fingerprint density at radius 3 is 1.48 bits per heavy atom. The fourth-order valence-corrected chi connectivity index (χ4v) is 2.25. The lowest BCUT2D eigenvalue weighted by atomic mass is 9.87. The van der Waals surface area contributed by atoms with E-state index in [1.54, 1.807) is 0 Å². The number of alkyl halides is 15. The van der Waals surface area contributed by atoms with Crippen LogP contribution in [-0.2, 0) is 10.7 Å². The number of ether oxygens (including phenoxy) is 1. The van der Waals surface area contributed by atoms with Crippen molar-refractivity contribution in [2.45, 2.75) is 41.7 Å². The third-order valence-corrected chi connectivity index (χ3v) is 4.10. The molecule has 1 aromatic carbocycles. The lowest BCUT2D eigenvalue weighted by Crippen LogP contribution is -2.72. The molecule has 0 aromatic heterocycles. The van der Waals surface area contributed by atoms with E-state index < -0.39 is 64.6 Å². The minimum Gasteiger partial charge on any atom is -0.507 e. The number of halogens is 15. The number of carbonyl (C=O) groups excluding carboxylic acids is 1. The summed E-state index contributed by atoms with van der Waals surface area (Å²) in [4.78, 5) is 11.4. The molecule has 18 heteroatoms. The number of aromatic hydroxyl groups is 1. The summed E-state index contributed by atoms with van der Waals surface area (Å²) in [5.74, 6) is -51.9. The van der Waals surface area contributed by atoms with Gasteiger partial charge in [0.05, 0.1) is 7.11 Å². The van der Waals surface area contributed by atoms with Crippen molar-refractivity contribution in [3.05, 3.63) is 29.3 Å². The van der Waals surface area contributed by atoms with E-state index in [9.17, 15) is 75.8 Å². The number of phenolic OH excluding ortho intramolecular Hbond substituents is 1. The number of carbonyl (C=O) groups is 1. The summed E-state index contributed by atoms with van der Waals surface area (Å²) in [6.07, 6.45) is -7.71. The summed E-state index contributed by atoms with van der Waals surface area (Å²) in [6.45, 7) is 0. The zero-order valence-corrected chi connectivity index (χ0v) is 15.2. The smallest absolute Gasteiger partial charge is 0.460 e. The number of hydrogen-bond acceptors (Lipinski definition) is 3. The lowest BCUT2D eigenvalue weighted by molar-refractivity contribution is -0.453. The van der Waals surface area contributed by atoms with Crippen LogP contribution >= 0.6 is 0 Å². The van der Waals surface area contributed by atoms with Crippen molar-refractivity contribution in [1.82, 2.24) is 0 Å². The molecule has 1 rings (SSSR count). The van der Waals surface area contributed by atoms with E-state index in [0.29, 0.717) is 13.2 Å². The van der Waals surface area contributed by atoms with Gasteiger partial charge in [0, 0.05) is 5.56 Å². The molecule has 0 bridgehead atoms. The fraction of sp³-hybridized carbons (Fsp3) is 0.533. The Morgan fingerprint density at radius 1 is 0.697 bits per heavy atom. The second-order valence-corrected chi connectivity index (χ2v) is 6.14. The molecule has 33 heavy (non-hydrogen) atoms. The Bertz CT molecular complexity index is 904. The first-order valence-electron chi connectivity index (χ1n) is 7.62. The maximum atomic E-state index is 14.3. The molecule has 3 nitrogen and oxygen atoms in total. The van der Waals surface area contributed by atoms with Crippen LogP contribution in [0.5, 0.6) is 5.75 Å². The Labute approximate surface area is 171 Å². The van der Waals surface area contributed by atoms with Crippen LogP contribution < -0.4 is 0 Å². The average Bonchev–Trinajstić information content (AvgIpc) is 2.65. The van der Waals surface area contributed by atoms with Gasteiger partial charge in [-0.05, 0) is 6.07 Å². The van der Waals surface area contributed by atoms with Gasteiger partial charge in [0.2, 0.25) is 0 Å². The molecule has 0 heterocycles. The highest BCUT2D eigenvalue weighted by Gasteiger charge is 2.93. The summed E-state index contributed by atoms with van der Waals surface area (Å²) >= 11 is 0. The number of esters is 1. The Kier molecular flexibility index (Phi) is 6.68. The molecule has 0 aliphatic heterocycles. The minimum atomic E-state index is -8.46. The Balaban J connectivity index is 3.84. The van der Waals surface area contributed by atoms with Crippen LogP contribution in [0.1, 0.15) is 15.9 Å². The quantitative estimate of drug-likeness (QED) is 0.354. The summed E-state index contributed by atoms with van der Waals surface area (Å²) < 4.78 is 203. The van der Waals surface area contributed by atoms with Crippen LogP contribution in [0.25, 0.3) is 0 Å². The Morgan fingerprint density at radius 2 is 1.09 bits per heavy atom. The van der Waals surface area contributed by atoms with E-state index in [1.165, 1.54) is 0 Å². The van der Waals surface area contributed by atoms with E-state index in [-0.39, 0.29) is 12.1 Å². The number of hydrogen-bond donors (Lipinski definition) is 1. The second kappa shape index (κ2) is 7.75. The van der Waals surface area contributed by atoms with Crippen molar-refractivity contribution < 1.29 is 80.5 Å². The summed E-state index contributed by atoms with van der Waals surface area (Å²) in [6, 6.07) is 0.0924. The SMILES string of the molecule is COC(=O)c1c(O)cccc1C(F)(F)C(F)(F)C(F)(F)C(F)(F)C(F)(F)C(F)(F)C(F)(F)F. The molecule has 0 amide bonds. The molecule has 190 valence electrons. The van der Waals surface area contributed by atoms with E-state index in [0.717, 1.165) is 0 Å². The van der Waals surface area contributed by atoms with Gasteiger partial charge in [-0.25, -0.2) is 4.79 Å². The van der Waals surface area contributed by atoms with Crippen LogP contribution in [0, 0.1) is 0 Å². The van der Waals surface area contributed by atoms with Gasteiger partial charge in [0.15, 0.2) is 0 Å². The summed E-state index contributed by atoms with van der Waals surface area (Å²) in [5, 5.41) is 9.35. The molecule has 0 unspecified atom stereocenters. The third-order valence-electron chi connectivity index (χ3n) is 4.10.